The van der Waals surface area contributed by atoms with E-state index in [1.54, 1.807) is 19.2 Å². The lowest BCUT2D eigenvalue weighted by Crippen LogP contribution is -2.21. The number of benzene rings is 1. The second-order valence-electron chi connectivity index (χ2n) is 3.47. The Balaban J connectivity index is 0.00000289. The average Bonchev–Trinajstić information content (AvgIpc) is 2.35. The molecule has 0 aromatic heterocycles. The van der Waals surface area contributed by atoms with Gasteiger partial charge in [-0.3, -0.25) is 4.79 Å². The third kappa shape index (κ3) is 6.44. The minimum atomic E-state index is -0.221. The Bertz CT molecular complexity index is 361. The molecular formula is C12H19ClN2O3. The van der Waals surface area contributed by atoms with Crippen LogP contribution in [0.15, 0.2) is 24.3 Å². The van der Waals surface area contributed by atoms with Gasteiger partial charge in [-0.25, -0.2) is 0 Å². The molecule has 6 heteroatoms. The van der Waals surface area contributed by atoms with Crippen molar-refractivity contribution in [3.05, 3.63) is 24.3 Å². The van der Waals surface area contributed by atoms with E-state index in [1.165, 1.54) is 0 Å². The van der Waals surface area contributed by atoms with Crippen molar-refractivity contribution < 1.29 is 14.3 Å². The van der Waals surface area contributed by atoms with Gasteiger partial charge in [0.05, 0.1) is 13.2 Å². The number of nitrogens with one attached hydrogen (secondary N) is 1. The van der Waals surface area contributed by atoms with Crippen LogP contribution in [0.2, 0.25) is 0 Å². The molecule has 18 heavy (non-hydrogen) atoms. The van der Waals surface area contributed by atoms with Gasteiger partial charge in [0.1, 0.15) is 5.75 Å². The summed E-state index contributed by atoms with van der Waals surface area (Å²) in [5, 5.41) is 2.66. The third-order valence-electron chi connectivity index (χ3n) is 2.06. The molecule has 1 rings (SSSR count). The Hall–Kier alpha value is -1.30. The molecule has 0 fully saturated rings. The van der Waals surface area contributed by atoms with E-state index in [1.807, 2.05) is 12.1 Å². The zero-order chi connectivity index (χ0) is 12.5. The summed E-state index contributed by atoms with van der Waals surface area (Å²) in [7, 11) is 1.66. The zero-order valence-corrected chi connectivity index (χ0v) is 11.2. The van der Waals surface area contributed by atoms with E-state index >= 15 is 0 Å². The van der Waals surface area contributed by atoms with Crippen LogP contribution in [0.5, 0.6) is 5.75 Å². The molecule has 0 saturated carbocycles. The number of nitrogens with two attached hydrogens (primary N) is 1. The molecule has 5 nitrogen and oxygen atoms in total. The number of amides is 1. The Morgan fingerprint density at radius 1 is 1.39 bits per heavy atom. The molecule has 0 atom stereocenters. The van der Waals surface area contributed by atoms with Crippen molar-refractivity contribution in [1.29, 1.82) is 0 Å². The number of anilines is 1. The van der Waals surface area contributed by atoms with Crippen LogP contribution in [-0.2, 0) is 9.53 Å². The van der Waals surface area contributed by atoms with E-state index in [0.29, 0.717) is 18.9 Å². The lowest BCUT2D eigenvalue weighted by molar-refractivity contribution is -0.114. The van der Waals surface area contributed by atoms with E-state index in [9.17, 15) is 4.79 Å². The number of halogens is 1. The van der Waals surface area contributed by atoms with Crippen molar-refractivity contribution in [1.82, 2.24) is 0 Å². The van der Waals surface area contributed by atoms with Gasteiger partial charge < -0.3 is 20.5 Å². The van der Waals surface area contributed by atoms with Crippen molar-refractivity contribution in [2.75, 3.05) is 32.2 Å². The number of ether oxygens (including phenoxy) is 2. The first-order chi connectivity index (χ1) is 8.26. The number of hydrogen-bond donors (Lipinski definition) is 2. The van der Waals surface area contributed by atoms with Crippen LogP contribution in [-0.4, -0.2) is 32.8 Å². The highest BCUT2D eigenvalue weighted by molar-refractivity contribution is 5.92. The molecule has 1 amide bonds. The standard InChI is InChI=1S/C12H18N2O3.ClH/c1-16-6-3-7-17-11-5-2-4-10(8-11)14-12(15)9-13;/h2,4-5,8H,3,6-7,9,13H2,1H3,(H,14,15);1H. The molecule has 0 bridgehead atoms. The maximum absolute atomic E-state index is 11.1. The van der Waals surface area contributed by atoms with Crippen LogP contribution in [0, 0.1) is 0 Å². The molecule has 1 aromatic rings. The molecule has 0 heterocycles. The molecule has 0 spiro atoms. The lowest BCUT2D eigenvalue weighted by atomic mass is 10.3. The van der Waals surface area contributed by atoms with Crippen LogP contribution < -0.4 is 15.8 Å². The van der Waals surface area contributed by atoms with Crippen molar-refractivity contribution >= 4 is 24.0 Å². The molecule has 0 saturated heterocycles. The fourth-order valence-corrected chi connectivity index (χ4v) is 1.27. The summed E-state index contributed by atoms with van der Waals surface area (Å²) in [6.45, 7) is 1.23. The largest absolute Gasteiger partial charge is 0.493 e. The van der Waals surface area contributed by atoms with Gasteiger partial charge in [0.25, 0.3) is 0 Å². The molecule has 0 radical (unpaired) electrons. The van der Waals surface area contributed by atoms with Crippen LogP contribution >= 0.6 is 12.4 Å². The predicted octanol–water partition coefficient (Wildman–Crippen LogP) is 1.42. The van der Waals surface area contributed by atoms with E-state index in [0.717, 1.165) is 12.2 Å². The van der Waals surface area contributed by atoms with Crippen LogP contribution in [0.25, 0.3) is 0 Å². The average molecular weight is 275 g/mol. The predicted molar refractivity (Wildman–Crippen MR) is 73.4 cm³/mol. The smallest absolute Gasteiger partial charge is 0.238 e. The number of carbonyl (C=O) groups is 1. The minimum Gasteiger partial charge on any atom is -0.493 e. The van der Waals surface area contributed by atoms with Gasteiger partial charge in [0, 0.05) is 31.9 Å². The maximum atomic E-state index is 11.1. The van der Waals surface area contributed by atoms with Crippen molar-refractivity contribution in [3.8, 4) is 5.75 Å². The minimum absolute atomic E-state index is 0. The van der Waals surface area contributed by atoms with Gasteiger partial charge in [-0.1, -0.05) is 6.07 Å². The van der Waals surface area contributed by atoms with Gasteiger partial charge in [-0.15, -0.1) is 12.4 Å². The fourth-order valence-electron chi connectivity index (χ4n) is 1.27. The summed E-state index contributed by atoms with van der Waals surface area (Å²) in [5.74, 6) is 0.498. The highest BCUT2D eigenvalue weighted by atomic mass is 35.5. The summed E-state index contributed by atoms with van der Waals surface area (Å²) >= 11 is 0. The fraction of sp³-hybridized carbons (Fsp3) is 0.417. The molecule has 0 aliphatic carbocycles. The maximum Gasteiger partial charge on any atom is 0.238 e. The van der Waals surface area contributed by atoms with E-state index < -0.39 is 0 Å². The molecule has 102 valence electrons. The molecule has 0 unspecified atom stereocenters. The van der Waals surface area contributed by atoms with E-state index in [2.05, 4.69) is 5.32 Å². The Morgan fingerprint density at radius 2 is 2.17 bits per heavy atom. The summed E-state index contributed by atoms with van der Waals surface area (Å²) in [6.07, 6.45) is 0.829. The van der Waals surface area contributed by atoms with E-state index in [-0.39, 0.29) is 24.9 Å². The normalized spacial score (nSPS) is 9.44. The van der Waals surface area contributed by atoms with Crippen molar-refractivity contribution in [2.45, 2.75) is 6.42 Å². The quantitative estimate of drug-likeness (QED) is 0.738. The van der Waals surface area contributed by atoms with Gasteiger partial charge in [-0.2, -0.15) is 0 Å². The Labute approximate surface area is 113 Å². The van der Waals surface area contributed by atoms with Crippen LogP contribution in [0.1, 0.15) is 6.42 Å². The summed E-state index contributed by atoms with van der Waals surface area (Å²) < 4.78 is 10.4. The third-order valence-corrected chi connectivity index (χ3v) is 2.06. The number of rotatable bonds is 7. The molecule has 3 N–H and O–H groups in total. The second kappa shape index (κ2) is 9.70. The van der Waals surface area contributed by atoms with E-state index in [4.69, 9.17) is 15.2 Å². The van der Waals surface area contributed by atoms with Crippen molar-refractivity contribution in [2.24, 2.45) is 5.73 Å². The second-order valence-corrected chi connectivity index (χ2v) is 3.47. The monoisotopic (exact) mass is 274 g/mol. The first kappa shape index (κ1) is 16.7. The Kier molecular flexibility index (Phi) is 9.00. The number of methoxy groups -OCH3 is 1. The Morgan fingerprint density at radius 3 is 2.83 bits per heavy atom. The molecular weight excluding hydrogens is 256 g/mol. The molecule has 0 aliphatic rings. The molecule has 0 aliphatic heterocycles. The summed E-state index contributed by atoms with van der Waals surface area (Å²) in [6, 6.07) is 7.21. The van der Waals surface area contributed by atoms with Gasteiger partial charge in [-0.05, 0) is 12.1 Å². The molecule has 1 aromatic carbocycles. The number of carbonyl (C=O) groups excluding carboxylic acids is 1. The van der Waals surface area contributed by atoms with Gasteiger partial charge in [0.15, 0.2) is 0 Å². The van der Waals surface area contributed by atoms with Gasteiger partial charge >= 0.3 is 0 Å². The highest BCUT2D eigenvalue weighted by Gasteiger charge is 2.00. The topological polar surface area (TPSA) is 73.6 Å². The number of hydrogen-bond acceptors (Lipinski definition) is 4. The zero-order valence-electron chi connectivity index (χ0n) is 10.3. The highest BCUT2D eigenvalue weighted by Crippen LogP contribution is 2.17. The van der Waals surface area contributed by atoms with Gasteiger partial charge in [0.2, 0.25) is 5.91 Å². The summed E-state index contributed by atoms with van der Waals surface area (Å²) in [5.41, 5.74) is 5.90. The SMILES string of the molecule is COCCCOc1cccc(NC(=O)CN)c1.Cl. The first-order valence-corrected chi connectivity index (χ1v) is 5.48. The van der Waals surface area contributed by atoms with Crippen LogP contribution in [0.3, 0.4) is 0 Å². The van der Waals surface area contributed by atoms with Crippen LogP contribution in [0.4, 0.5) is 5.69 Å². The summed E-state index contributed by atoms with van der Waals surface area (Å²) in [4.78, 5) is 11.1. The first-order valence-electron chi connectivity index (χ1n) is 5.48. The lowest BCUT2D eigenvalue weighted by Gasteiger charge is -2.08. The van der Waals surface area contributed by atoms with Crippen molar-refractivity contribution in [3.63, 3.8) is 0 Å².